The minimum absolute atomic E-state index is 0.359. The summed E-state index contributed by atoms with van der Waals surface area (Å²) in [5.74, 6) is -1.01. The van der Waals surface area contributed by atoms with Crippen molar-refractivity contribution in [1.29, 1.82) is 0 Å². The van der Waals surface area contributed by atoms with E-state index in [9.17, 15) is 18.0 Å². The molecule has 12 heavy (non-hydrogen) atoms. The SMILES string of the molecule is O=C(NC(F)C(F)F)C1CNC1. The number of hydrogen-bond donors (Lipinski definition) is 2. The normalized spacial score (nSPS) is 20.3. The second-order valence-electron chi connectivity index (χ2n) is 2.60. The Bertz CT molecular complexity index is 172. The second kappa shape index (κ2) is 3.75. The van der Waals surface area contributed by atoms with E-state index in [1.165, 1.54) is 0 Å². The summed E-state index contributed by atoms with van der Waals surface area (Å²) in [6.07, 6.45) is -5.69. The van der Waals surface area contributed by atoms with Gasteiger partial charge < -0.3 is 10.6 Å². The van der Waals surface area contributed by atoms with Crippen LogP contribution in [-0.4, -0.2) is 31.7 Å². The molecule has 1 aliphatic rings. The zero-order chi connectivity index (χ0) is 9.14. The Morgan fingerprint density at radius 3 is 2.33 bits per heavy atom. The molecule has 0 aliphatic carbocycles. The number of hydrogen-bond acceptors (Lipinski definition) is 2. The first-order valence-corrected chi connectivity index (χ1v) is 3.54. The van der Waals surface area contributed by atoms with Crippen molar-refractivity contribution in [2.24, 2.45) is 5.92 Å². The highest BCUT2D eigenvalue weighted by atomic mass is 19.3. The highest BCUT2D eigenvalue weighted by molar-refractivity contribution is 5.80. The predicted octanol–water partition coefficient (Wildman–Crippen LogP) is -0.117. The first kappa shape index (κ1) is 9.31. The van der Waals surface area contributed by atoms with Gasteiger partial charge in [0.1, 0.15) is 0 Å². The van der Waals surface area contributed by atoms with Crippen LogP contribution in [0.1, 0.15) is 0 Å². The molecule has 1 aliphatic heterocycles. The van der Waals surface area contributed by atoms with Gasteiger partial charge in [0.05, 0.1) is 5.92 Å². The minimum Gasteiger partial charge on any atom is -0.321 e. The summed E-state index contributed by atoms with van der Waals surface area (Å²) in [5, 5.41) is 4.36. The Balaban J connectivity index is 2.25. The first-order valence-electron chi connectivity index (χ1n) is 3.54. The fourth-order valence-electron chi connectivity index (χ4n) is 0.791. The molecule has 70 valence electrons. The second-order valence-corrected chi connectivity index (χ2v) is 2.60. The van der Waals surface area contributed by atoms with Crippen molar-refractivity contribution in [2.75, 3.05) is 13.1 Å². The van der Waals surface area contributed by atoms with Gasteiger partial charge in [0.15, 0.2) is 0 Å². The van der Waals surface area contributed by atoms with Gasteiger partial charge in [-0.3, -0.25) is 4.79 Å². The Labute approximate surface area is 67.3 Å². The lowest BCUT2D eigenvalue weighted by molar-refractivity contribution is -0.130. The molecule has 0 spiro atoms. The smallest absolute Gasteiger partial charge is 0.287 e. The molecule has 1 rings (SSSR count). The number of halogens is 3. The third kappa shape index (κ3) is 2.10. The van der Waals surface area contributed by atoms with E-state index in [1.54, 1.807) is 5.32 Å². The van der Waals surface area contributed by atoms with Crippen LogP contribution >= 0.6 is 0 Å². The zero-order valence-electron chi connectivity index (χ0n) is 6.19. The summed E-state index contributed by atoms with van der Waals surface area (Å²) >= 11 is 0. The Morgan fingerprint density at radius 1 is 1.42 bits per heavy atom. The molecule has 0 aromatic carbocycles. The molecular formula is C6H9F3N2O. The highest BCUT2D eigenvalue weighted by Gasteiger charge is 2.29. The molecule has 0 aromatic rings. The van der Waals surface area contributed by atoms with Crippen LogP contribution in [0, 0.1) is 5.92 Å². The summed E-state index contributed by atoms with van der Waals surface area (Å²) in [4.78, 5) is 10.8. The third-order valence-corrected chi connectivity index (χ3v) is 1.65. The van der Waals surface area contributed by atoms with Crippen LogP contribution in [0.4, 0.5) is 13.2 Å². The number of amides is 1. The quantitative estimate of drug-likeness (QED) is 0.597. The van der Waals surface area contributed by atoms with Crippen molar-refractivity contribution in [1.82, 2.24) is 10.6 Å². The lowest BCUT2D eigenvalue weighted by atomic mass is 10.0. The van der Waals surface area contributed by atoms with Crippen molar-refractivity contribution in [2.45, 2.75) is 12.7 Å². The Morgan fingerprint density at radius 2 is 2.00 bits per heavy atom. The summed E-state index contributed by atoms with van der Waals surface area (Å²) in [7, 11) is 0. The van der Waals surface area contributed by atoms with Crippen LogP contribution in [0.3, 0.4) is 0 Å². The zero-order valence-corrected chi connectivity index (χ0v) is 6.19. The Kier molecular flexibility index (Phi) is 2.91. The molecule has 3 nitrogen and oxygen atoms in total. The average molecular weight is 182 g/mol. The van der Waals surface area contributed by atoms with Gasteiger partial charge >= 0.3 is 0 Å². The molecule has 1 fully saturated rings. The fourth-order valence-corrected chi connectivity index (χ4v) is 0.791. The lowest BCUT2D eigenvalue weighted by Gasteiger charge is -2.26. The van der Waals surface area contributed by atoms with E-state index in [4.69, 9.17) is 0 Å². The van der Waals surface area contributed by atoms with E-state index in [-0.39, 0.29) is 5.92 Å². The van der Waals surface area contributed by atoms with Gasteiger partial charge in [0.25, 0.3) is 6.43 Å². The number of nitrogens with one attached hydrogen (secondary N) is 2. The molecule has 1 saturated heterocycles. The van der Waals surface area contributed by atoms with Crippen LogP contribution in [0.5, 0.6) is 0 Å². The molecule has 0 radical (unpaired) electrons. The summed E-state index contributed by atoms with van der Waals surface area (Å²) in [6, 6.07) is 0. The average Bonchev–Trinajstić information content (AvgIpc) is 1.82. The molecular weight excluding hydrogens is 173 g/mol. The van der Waals surface area contributed by atoms with Crippen LogP contribution in [-0.2, 0) is 4.79 Å². The lowest BCUT2D eigenvalue weighted by Crippen LogP contribution is -2.53. The van der Waals surface area contributed by atoms with Crippen LogP contribution < -0.4 is 10.6 Å². The monoisotopic (exact) mass is 182 g/mol. The van der Waals surface area contributed by atoms with Crippen LogP contribution in [0.15, 0.2) is 0 Å². The molecule has 0 bridgehead atoms. The molecule has 2 N–H and O–H groups in total. The van der Waals surface area contributed by atoms with Crippen molar-refractivity contribution in [3.8, 4) is 0 Å². The number of alkyl halides is 3. The van der Waals surface area contributed by atoms with Gasteiger partial charge in [0, 0.05) is 13.1 Å². The number of carbonyl (C=O) groups is 1. The first-order chi connectivity index (χ1) is 5.61. The molecule has 1 unspecified atom stereocenters. The topological polar surface area (TPSA) is 41.1 Å². The van der Waals surface area contributed by atoms with Gasteiger partial charge in [-0.1, -0.05) is 0 Å². The predicted molar refractivity (Wildman–Crippen MR) is 35.4 cm³/mol. The number of carbonyl (C=O) groups excluding carboxylic acids is 1. The maximum atomic E-state index is 12.2. The van der Waals surface area contributed by atoms with Gasteiger partial charge in [-0.15, -0.1) is 0 Å². The molecule has 1 heterocycles. The maximum absolute atomic E-state index is 12.2. The number of rotatable bonds is 3. The van der Waals surface area contributed by atoms with Gasteiger partial charge in [0.2, 0.25) is 12.2 Å². The summed E-state index contributed by atoms with van der Waals surface area (Å²) in [6.45, 7) is 0.865. The van der Waals surface area contributed by atoms with Crippen molar-refractivity contribution in [3.05, 3.63) is 0 Å². The van der Waals surface area contributed by atoms with E-state index in [1.807, 2.05) is 0 Å². The van der Waals surface area contributed by atoms with Crippen molar-refractivity contribution in [3.63, 3.8) is 0 Å². The largest absolute Gasteiger partial charge is 0.321 e. The highest BCUT2D eigenvalue weighted by Crippen LogP contribution is 2.06. The standard InChI is InChI=1S/C6H9F3N2O/c7-4(8)5(9)11-6(12)3-1-10-2-3/h3-5,10H,1-2H2,(H,11,12). The maximum Gasteiger partial charge on any atom is 0.287 e. The molecule has 1 atom stereocenters. The molecule has 0 aromatic heterocycles. The van der Waals surface area contributed by atoms with Gasteiger partial charge in [-0.05, 0) is 0 Å². The third-order valence-electron chi connectivity index (χ3n) is 1.65. The van der Waals surface area contributed by atoms with Gasteiger partial charge in [-0.25, -0.2) is 13.2 Å². The molecule has 0 saturated carbocycles. The van der Waals surface area contributed by atoms with Crippen LogP contribution in [0.25, 0.3) is 0 Å². The molecule has 1 amide bonds. The minimum atomic E-state index is -3.15. The fraction of sp³-hybridized carbons (Fsp3) is 0.833. The van der Waals surface area contributed by atoms with E-state index >= 15 is 0 Å². The summed E-state index contributed by atoms with van der Waals surface area (Å²) < 4.78 is 35.3. The van der Waals surface area contributed by atoms with E-state index in [0.29, 0.717) is 13.1 Å². The van der Waals surface area contributed by atoms with Gasteiger partial charge in [-0.2, -0.15) is 0 Å². The summed E-state index contributed by atoms with van der Waals surface area (Å²) in [5.41, 5.74) is 0. The van der Waals surface area contributed by atoms with Crippen molar-refractivity contribution >= 4 is 5.91 Å². The van der Waals surface area contributed by atoms with E-state index in [0.717, 1.165) is 0 Å². The van der Waals surface area contributed by atoms with Crippen molar-refractivity contribution < 1.29 is 18.0 Å². The van der Waals surface area contributed by atoms with E-state index in [2.05, 4.69) is 5.32 Å². The van der Waals surface area contributed by atoms with E-state index < -0.39 is 18.6 Å². The Hall–Kier alpha value is -0.780. The van der Waals surface area contributed by atoms with Crippen LogP contribution in [0.2, 0.25) is 0 Å². The molecule has 6 heteroatoms.